The number of amides is 1. The van der Waals surface area contributed by atoms with Crippen LogP contribution in [0.2, 0.25) is 0 Å². The van der Waals surface area contributed by atoms with Gasteiger partial charge in [0.05, 0.1) is 6.04 Å². The lowest BCUT2D eigenvalue weighted by Crippen LogP contribution is -2.49. The minimum atomic E-state index is -0.174. The molecule has 108 valence electrons. The number of carbonyl (C=O) groups excluding carboxylic acids is 1. The van der Waals surface area contributed by atoms with Crippen LogP contribution in [0.15, 0.2) is 24.5 Å². The maximum Gasteiger partial charge on any atom is 0.239 e. The second kappa shape index (κ2) is 5.87. The van der Waals surface area contributed by atoms with Crippen molar-refractivity contribution in [2.45, 2.75) is 31.5 Å². The van der Waals surface area contributed by atoms with Crippen LogP contribution in [-0.2, 0) is 4.79 Å². The summed E-state index contributed by atoms with van der Waals surface area (Å²) in [5.74, 6) is 0.356. The van der Waals surface area contributed by atoms with Gasteiger partial charge < -0.3 is 10.6 Å². The van der Waals surface area contributed by atoms with Crippen molar-refractivity contribution >= 4 is 5.91 Å². The highest BCUT2D eigenvalue weighted by molar-refractivity contribution is 5.83. The van der Waals surface area contributed by atoms with Crippen molar-refractivity contribution in [1.82, 2.24) is 26.5 Å². The number of nitrogens with one attached hydrogen (secondary N) is 4. The van der Waals surface area contributed by atoms with E-state index >= 15 is 0 Å². The number of piperidine rings is 1. The first kappa shape index (κ1) is 13.5. The van der Waals surface area contributed by atoms with Crippen molar-refractivity contribution in [2.24, 2.45) is 5.92 Å². The Morgan fingerprint density at radius 1 is 1.50 bits per heavy atom. The SMILES string of the molecule is CC(NC(=O)C1NNC2CCNCC21)c1cccnc1. The van der Waals surface area contributed by atoms with Crippen LogP contribution in [0.1, 0.15) is 24.9 Å². The van der Waals surface area contributed by atoms with Gasteiger partial charge in [-0.15, -0.1) is 0 Å². The summed E-state index contributed by atoms with van der Waals surface area (Å²) in [4.78, 5) is 16.5. The van der Waals surface area contributed by atoms with Gasteiger partial charge in [-0.05, 0) is 31.5 Å². The highest BCUT2D eigenvalue weighted by Gasteiger charge is 2.41. The molecule has 1 aromatic rings. The van der Waals surface area contributed by atoms with E-state index in [0.717, 1.165) is 25.1 Å². The highest BCUT2D eigenvalue weighted by atomic mass is 16.2. The standard InChI is InChI=1S/C14H21N5O/c1-9(10-3-2-5-15-7-10)17-14(20)13-11-8-16-6-4-12(11)18-19-13/h2-3,5,7,9,11-13,16,18-19H,4,6,8H2,1H3,(H,17,20). The summed E-state index contributed by atoms with van der Waals surface area (Å²) in [7, 11) is 0. The zero-order chi connectivity index (χ0) is 13.9. The summed E-state index contributed by atoms with van der Waals surface area (Å²) in [5.41, 5.74) is 7.40. The van der Waals surface area contributed by atoms with E-state index < -0.39 is 0 Å². The molecular formula is C14H21N5O. The molecule has 0 aliphatic carbocycles. The average Bonchev–Trinajstić information content (AvgIpc) is 2.92. The van der Waals surface area contributed by atoms with Gasteiger partial charge in [-0.25, -0.2) is 5.43 Å². The van der Waals surface area contributed by atoms with Gasteiger partial charge in [0.25, 0.3) is 0 Å². The molecular weight excluding hydrogens is 254 g/mol. The minimum Gasteiger partial charge on any atom is -0.348 e. The number of fused-ring (bicyclic) bond motifs is 1. The summed E-state index contributed by atoms with van der Waals surface area (Å²) in [6, 6.07) is 4.04. The van der Waals surface area contributed by atoms with Crippen LogP contribution in [0.4, 0.5) is 0 Å². The lowest BCUT2D eigenvalue weighted by molar-refractivity contribution is -0.124. The molecule has 2 saturated heterocycles. The molecule has 4 unspecified atom stereocenters. The Kier molecular flexibility index (Phi) is 3.95. The van der Waals surface area contributed by atoms with E-state index in [9.17, 15) is 4.79 Å². The zero-order valence-electron chi connectivity index (χ0n) is 11.6. The number of rotatable bonds is 3. The molecule has 3 rings (SSSR count). The van der Waals surface area contributed by atoms with Gasteiger partial charge in [0, 0.05) is 30.9 Å². The number of hydrazine groups is 1. The summed E-state index contributed by atoms with van der Waals surface area (Å²) < 4.78 is 0. The Morgan fingerprint density at radius 2 is 2.40 bits per heavy atom. The monoisotopic (exact) mass is 275 g/mol. The quantitative estimate of drug-likeness (QED) is 0.610. The Hall–Kier alpha value is -1.50. The Morgan fingerprint density at radius 3 is 3.20 bits per heavy atom. The van der Waals surface area contributed by atoms with Gasteiger partial charge in [0.1, 0.15) is 6.04 Å². The summed E-state index contributed by atoms with van der Waals surface area (Å²) >= 11 is 0. The lowest BCUT2D eigenvalue weighted by Gasteiger charge is -2.28. The molecule has 2 aliphatic rings. The Labute approximate surface area is 118 Å². The minimum absolute atomic E-state index is 0.0337. The molecule has 2 aliphatic heterocycles. The maximum atomic E-state index is 12.4. The summed E-state index contributed by atoms with van der Waals surface area (Å²) in [6.07, 6.45) is 4.58. The second-order valence-electron chi connectivity index (χ2n) is 5.55. The molecule has 1 aromatic heterocycles. The molecule has 6 nitrogen and oxygen atoms in total. The topological polar surface area (TPSA) is 78.1 Å². The van der Waals surface area contributed by atoms with E-state index in [4.69, 9.17) is 0 Å². The third-order valence-corrected chi connectivity index (χ3v) is 4.21. The predicted octanol–water partition coefficient (Wildman–Crippen LogP) is -0.287. The van der Waals surface area contributed by atoms with Crippen molar-refractivity contribution in [3.63, 3.8) is 0 Å². The first-order valence-corrected chi connectivity index (χ1v) is 7.18. The second-order valence-corrected chi connectivity index (χ2v) is 5.55. The number of hydrogen-bond acceptors (Lipinski definition) is 5. The van der Waals surface area contributed by atoms with Gasteiger partial charge in [0.15, 0.2) is 0 Å². The molecule has 1 amide bonds. The normalized spacial score (nSPS) is 30.6. The van der Waals surface area contributed by atoms with Crippen LogP contribution < -0.4 is 21.5 Å². The number of pyridine rings is 1. The molecule has 4 N–H and O–H groups in total. The third kappa shape index (κ3) is 2.67. The maximum absolute atomic E-state index is 12.4. The van der Waals surface area contributed by atoms with E-state index in [-0.39, 0.29) is 18.0 Å². The molecule has 0 aromatic carbocycles. The molecule has 4 atom stereocenters. The third-order valence-electron chi connectivity index (χ3n) is 4.21. The van der Waals surface area contributed by atoms with E-state index in [1.807, 2.05) is 19.1 Å². The van der Waals surface area contributed by atoms with Crippen LogP contribution in [0, 0.1) is 5.92 Å². The molecule has 6 heteroatoms. The number of hydrogen-bond donors (Lipinski definition) is 4. The fourth-order valence-electron chi connectivity index (χ4n) is 2.99. The van der Waals surface area contributed by atoms with Crippen LogP contribution in [0.5, 0.6) is 0 Å². The van der Waals surface area contributed by atoms with Gasteiger partial charge >= 0.3 is 0 Å². The Bertz CT molecular complexity index is 466. The Balaban J connectivity index is 1.62. The van der Waals surface area contributed by atoms with Crippen LogP contribution in [0.3, 0.4) is 0 Å². The first-order valence-electron chi connectivity index (χ1n) is 7.18. The van der Waals surface area contributed by atoms with Gasteiger partial charge in [0.2, 0.25) is 5.91 Å². The van der Waals surface area contributed by atoms with Crippen LogP contribution >= 0.6 is 0 Å². The lowest BCUT2D eigenvalue weighted by atomic mass is 9.89. The number of aromatic nitrogens is 1. The molecule has 2 fully saturated rings. The summed E-state index contributed by atoms with van der Waals surface area (Å²) in [5, 5.41) is 6.42. The fourth-order valence-corrected chi connectivity index (χ4v) is 2.99. The molecule has 0 radical (unpaired) electrons. The summed E-state index contributed by atoms with van der Waals surface area (Å²) in [6.45, 7) is 3.87. The molecule has 0 saturated carbocycles. The van der Waals surface area contributed by atoms with Crippen LogP contribution in [-0.4, -0.2) is 36.1 Å². The number of nitrogens with zero attached hydrogens (tertiary/aromatic N) is 1. The highest BCUT2D eigenvalue weighted by Crippen LogP contribution is 2.21. The van der Waals surface area contributed by atoms with Gasteiger partial charge in [-0.2, -0.15) is 0 Å². The van der Waals surface area contributed by atoms with Crippen molar-refractivity contribution in [2.75, 3.05) is 13.1 Å². The molecule has 20 heavy (non-hydrogen) atoms. The van der Waals surface area contributed by atoms with E-state index in [1.54, 1.807) is 12.4 Å². The zero-order valence-corrected chi connectivity index (χ0v) is 11.6. The van der Waals surface area contributed by atoms with Crippen LogP contribution in [0.25, 0.3) is 0 Å². The van der Waals surface area contributed by atoms with Crippen molar-refractivity contribution in [3.8, 4) is 0 Å². The predicted molar refractivity (Wildman–Crippen MR) is 75.6 cm³/mol. The van der Waals surface area contributed by atoms with Crippen molar-refractivity contribution in [3.05, 3.63) is 30.1 Å². The molecule has 0 spiro atoms. The van der Waals surface area contributed by atoms with E-state index in [2.05, 4.69) is 26.5 Å². The van der Waals surface area contributed by atoms with E-state index in [1.165, 1.54) is 0 Å². The largest absolute Gasteiger partial charge is 0.348 e. The smallest absolute Gasteiger partial charge is 0.239 e. The average molecular weight is 275 g/mol. The first-order chi connectivity index (χ1) is 9.75. The van der Waals surface area contributed by atoms with E-state index in [0.29, 0.717) is 12.0 Å². The van der Waals surface area contributed by atoms with Gasteiger partial charge in [-0.3, -0.25) is 15.2 Å². The van der Waals surface area contributed by atoms with Crippen molar-refractivity contribution in [1.29, 1.82) is 0 Å². The van der Waals surface area contributed by atoms with Crippen molar-refractivity contribution < 1.29 is 4.79 Å². The molecule has 3 heterocycles. The fraction of sp³-hybridized carbons (Fsp3) is 0.571. The van der Waals surface area contributed by atoms with Gasteiger partial charge in [-0.1, -0.05) is 6.07 Å². The number of carbonyl (C=O) groups is 1. The molecule has 0 bridgehead atoms.